The van der Waals surface area contributed by atoms with Gasteiger partial charge in [0.15, 0.2) is 0 Å². The van der Waals surface area contributed by atoms with E-state index in [2.05, 4.69) is 43.0 Å². The van der Waals surface area contributed by atoms with Crippen molar-refractivity contribution in [1.29, 1.82) is 0 Å². The predicted octanol–water partition coefficient (Wildman–Crippen LogP) is 2.89. The lowest BCUT2D eigenvalue weighted by Crippen LogP contribution is -2.15. The van der Waals surface area contributed by atoms with Gasteiger partial charge in [0, 0.05) is 0 Å². The van der Waals surface area contributed by atoms with Gasteiger partial charge in [-0.05, 0) is 29.5 Å². The number of nitrogens with two attached hydrogens (primary N) is 1. The first-order chi connectivity index (χ1) is 9.51. The number of methoxy groups -OCH3 is 1. The summed E-state index contributed by atoms with van der Waals surface area (Å²) in [6, 6.07) is 6.09. The zero-order chi connectivity index (χ0) is 14.8. The second-order valence-electron chi connectivity index (χ2n) is 5.37. The third kappa shape index (κ3) is 2.67. The number of ether oxygens (including phenoxy) is 1. The number of benzene rings is 1. The van der Waals surface area contributed by atoms with E-state index in [4.69, 9.17) is 15.0 Å². The Hall–Kier alpha value is -1.88. The minimum atomic E-state index is 0.0848. The van der Waals surface area contributed by atoms with Crippen molar-refractivity contribution in [3.63, 3.8) is 0 Å². The first-order valence-corrected chi connectivity index (χ1v) is 6.73. The Balaban J connectivity index is 2.52. The molecule has 0 aliphatic carbocycles. The quantitative estimate of drug-likeness (QED) is 0.908. The summed E-state index contributed by atoms with van der Waals surface area (Å²) in [5.41, 5.74) is 7.64. The van der Waals surface area contributed by atoms with Crippen molar-refractivity contribution in [3.05, 3.63) is 29.7 Å². The van der Waals surface area contributed by atoms with E-state index in [9.17, 15) is 0 Å². The van der Waals surface area contributed by atoms with Gasteiger partial charge in [-0.2, -0.15) is 4.98 Å². The second kappa shape index (κ2) is 5.63. The first kappa shape index (κ1) is 14.5. The molecule has 0 aliphatic heterocycles. The van der Waals surface area contributed by atoms with Crippen LogP contribution in [0.3, 0.4) is 0 Å². The molecule has 20 heavy (non-hydrogen) atoms. The van der Waals surface area contributed by atoms with E-state index < -0.39 is 0 Å². The van der Waals surface area contributed by atoms with Crippen molar-refractivity contribution in [2.75, 3.05) is 7.11 Å². The Labute approximate surface area is 119 Å². The van der Waals surface area contributed by atoms with Gasteiger partial charge in [-0.15, -0.1) is 0 Å². The van der Waals surface area contributed by atoms with Crippen molar-refractivity contribution in [2.24, 2.45) is 5.73 Å². The third-order valence-corrected chi connectivity index (χ3v) is 3.75. The molecule has 5 heteroatoms. The topological polar surface area (TPSA) is 74.2 Å². The average molecular weight is 275 g/mol. The van der Waals surface area contributed by atoms with Crippen molar-refractivity contribution in [3.8, 4) is 17.1 Å². The standard InChI is InChI=1S/C15H21N3O2/c1-5-15(2,3)10-6-7-12(19-4)11(8-10)14-17-13(9-16)20-18-14/h6-8H,5,9,16H2,1-4H3. The van der Waals surface area contributed by atoms with Crippen LogP contribution in [0.15, 0.2) is 22.7 Å². The van der Waals surface area contributed by atoms with Gasteiger partial charge in [0.05, 0.1) is 19.2 Å². The van der Waals surface area contributed by atoms with Gasteiger partial charge in [-0.1, -0.05) is 32.0 Å². The average Bonchev–Trinajstić information content (AvgIpc) is 2.95. The van der Waals surface area contributed by atoms with Crippen molar-refractivity contribution >= 4 is 0 Å². The molecule has 0 unspecified atom stereocenters. The molecular formula is C15H21N3O2. The fourth-order valence-corrected chi connectivity index (χ4v) is 1.95. The molecule has 0 radical (unpaired) electrons. The van der Waals surface area contributed by atoms with Crippen LogP contribution in [-0.2, 0) is 12.0 Å². The summed E-state index contributed by atoms with van der Waals surface area (Å²) in [4.78, 5) is 4.27. The number of hydrogen-bond acceptors (Lipinski definition) is 5. The summed E-state index contributed by atoms with van der Waals surface area (Å²) in [5.74, 6) is 1.66. The van der Waals surface area contributed by atoms with Crippen LogP contribution in [0.2, 0.25) is 0 Å². The fourth-order valence-electron chi connectivity index (χ4n) is 1.95. The first-order valence-electron chi connectivity index (χ1n) is 6.73. The molecule has 0 saturated heterocycles. The lowest BCUT2D eigenvalue weighted by Gasteiger charge is -2.24. The Bertz CT molecular complexity index is 591. The van der Waals surface area contributed by atoms with Gasteiger partial charge >= 0.3 is 0 Å². The molecule has 0 saturated carbocycles. The maximum atomic E-state index is 5.50. The van der Waals surface area contributed by atoms with Gasteiger partial charge < -0.3 is 15.0 Å². The molecule has 0 amide bonds. The van der Waals surface area contributed by atoms with Gasteiger partial charge in [-0.3, -0.25) is 0 Å². The van der Waals surface area contributed by atoms with Crippen LogP contribution < -0.4 is 10.5 Å². The van der Waals surface area contributed by atoms with Gasteiger partial charge in [0.25, 0.3) is 0 Å². The normalized spacial score (nSPS) is 11.7. The summed E-state index contributed by atoms with van der Waals surface area (Å²) < 4.78 is 10.5. The predicted molar refractivity (Wildman–Crippen MR) is 77.5 cm³/mol. The fraction of sp³-hybridized carbons (Fsp3) is 0.467. The highest BCUT2D eigenvalue weighted by Crippen LogP contribution is 2.34. The molecule has 2 N–H and O–H groups in total. The molecule has 0 bridgehead atoms. The summed E-state index contributed by atoms with van der Waals surface area (Å²) in [6.07, 6.45) is 1.04. The van der Waals surface area contributed by atoms with E-state index in [1.54, 1.807) is 7.11 Å². The van der Waals surface area contributed by atoms with E-state index >= 15 is 0 Å². The van der Waals surface area contributed by atoms with E-state index in [-0.39, 0.29) is 12.0 Å². The molecular weight excluding hydrogens is 254 g/mol. The molecule has 2 rings (SSSR count). The number of nitrogens with zero attached hydrogens (tertiary/aromatic N) is 2. The van der Waals surface area contributed by atoms with Crippen LogP contribution in [0, 0.1) is 0 Å². The summed E-state index contributed by atoms with van der Waals surface area (Å²) in [5, 5.41) is 3.97. The van der Waals surface area contributed by atoms with Gasteiger partial charge in [0.1, 0.15) is 5.75 Å². The summed E-state index contributed by atoms with van der Waals surface area (Å²) in [6.45, 7) is 6.82. The maximum Gasteiger partial charge on any atom is 0.240 e. The van der Waals surface area contributed by atoms with Crippen molar-refractivity contribution in [1.82, 2.24) is 10.1 Å². The minimum Gasteiger partial charge on any atom is -0.496 e. The monoisotopic (exact) mass is 275 g/mol. The van der Waals surface area contributed by atoms with Crippen LogP contribution in [0.25, 0.3) is 11.4 Å². The third-order valence-electron chi connectivity index (χ3n) is 3.75. The van der Waals surface area contributed by atoms with E-state index in [1.807, 2.05) is 6.07 Å². The highest BCUT2D eigenvalue weighted by atomic mass is 16.5. The minimum absolute atomic E-state index is 0.0848. The summed E-state index contributed by atoms with van der Waals surface area (Å²) in [7, 11) is 1.63. The molecule has 1 aromatic carbocycles. The molecule has 0 fully saturated rings. The number of rotatable bonds is 5. The van der Waals surface area contributed by atoms with Crippen LogP contribution in [-0.4, -0.2) is 17.3 Å². The number of hydrogen-bond donors (Lipinski definition) is 1. The Kier molecular flexibility index (Phi) is 4.09. The van der Waals surface area contributed by atoms with Gasteiger partial charge in [0.2, 0.25) is 11.7 Å². The molecule has 5 nitrogen and oxygen atoms in total. The van der Waals surface area contributed by atoms with Crippen LogP contribution >= 0.6 is 0 Å². The largest absolute Gasteiger partial charge is 0.496 e. The smallest absolute Gasteiger partial charge is 0.240 e. The lowest BCUT2D eigenvalue weighted by atomic mass is 9.81. The zero-order valence-corrected chi connectivity index (χ0v) is 12.4. The second-order valence-corrected chi connectivity index (χ2v) is 5.37. The molecule has 0 atom stereocenters. The molecule has 0 aliphatic rings. The highest BCUT2D eigenvalue weighted by molar-refractivity contribution is 5.65. The highest BCUT2D eigenvalue weighted by Gasteiger charge is 2.21. The van der Waals surface area contributed by atoms with Crippen molar-refractivity contribution < 1.29 is 9.26 Å². The Morgan fingerprint density at radius 2 is 2.10 bits per heavy atom. The molecule has 1 heterocycles. The summed E-state index contributed by atoms with van der Waals surface area (Å²) >= 11 is 0. The van der Waals surface area contributed by atoms with Crippen LogP contribution in [0.4, 0.5) is 0 Å². The SMILES string of the molecule is CCC(C)(C)c1ccc(OC)c(-c2noc(CN)n2)c1. The van der Waals surface area contributed by atoms with E-state index in [1.165, 1.54) is 5.56 Å². The molecule has 108 valence electrons. The molecule has 0 spiro atoms. The lowest BCUT2D eigenvalue weighted by molar-refractivity contribution is 0.379. The number of aromatic nitrogens is 2. The van der Waals surface area contributed by atoms with Crippen LogP contribution in [0.1, 0.15) is 38.6 Å². The Morgan fingerprint density at radius 3 is 2.65 bits per heavy atom. The molecule has 2 aromatic rings. The van der Waals surface area contributed by atoms with Gasteiger partial charge in [-0.25, -0.2) is 0 Å². The molecule has 1 aromatic heterocycles. The van der Waals surface area contributed by atoms with E-state index in [0.717, 1.165) is 17.7 Å². The zero-order valence-electron chi connectivity index (χ0n) is 12.4. The van der Waals surface area contributed by atoms with Crippen molar-refractivity contribution in [2.45, 2.75) is 39.2 Å². The van der Waals surface area contributed by atoms with Crippen LogP contribution in [0.5, 0.6) is 5.75 Å². The maximum absolute atomic E-state index is 5.50. The Morgan fingerprint density at radius 1 is 1.35 bits per heavy atom. The van der Waals surface area contributed by atoms with E-state index in [0.29, 0.717) is 11.7 Å².